The van der Waals surface area contributed by atoms with Gasteiger partial charge < -0.3 is 19.4 Å². The third-order valence-corrected chi connectivity index (χ3v) is 6.33. The molecule has 4 rings (SSSR count). The number of rotatable bonds is 13. The normalized spacial score (nSPS) is 10.9. The van der Waals surface area contributed by atoms with Gasteiger partial charge in [-0.15, -0.1) is 0 Å². The Balaban J connectivity index is 1.25. The number of carbonyl (C=O) groups excluding carboxylic acids is 1. The third-order valence-electron chi connectivity index (χ3n) is 6.33. The molecule has 36 heavy (non-hydrogen) atoms. The lowest BCUT2D eigenvalue weighted by Crippen LogP contribution is -2.24. The molecule has 0 aliphatic rings. The molecule has 0 unspecified atom stereocenters. The van der Waals surface area contributed by atoms with E-state index in [4.69, 9.17) is 14.5 Å². The van der Waals surface area contributed by atoms with Gasteiger partial charge in [-0.1, -0.05) is 48.9 Å². The first-order chi connectivity index (χ1) is 17.7. The molecular weight excluding hydrogens is 450 g/mol. The van der Waals surface area contributed by atoms with Gasteiger partial charge in [0, 0.05) is 19.5 Å². The van der Waals surface area contributed by atoms with E-state index in [0.29, 0.717) is 24.5 Å². The number of para-hydroxylation sites is 4. The van der Waals surface area contributed by atoms with Crippen LogP contribution in [0.4, 0.5) is 0 Å². The minimum atomic E-state index is -0.0952. The molecule has 0 bridgehead atoms. The summed E-state index contributed by atoms with van der Waals surface area (Å²) in [6.45, 7) is 4.25. The van der Waals surface area contributed by atoms with Crippen LogP contribution in [-0.2, 0) is 13.0 Å². The molecule has 0 fully saturated rings. The maximum atomic E-state index is 12.4. The maximum Gasteiger partial charge on any atom is 0.255 e. The molecule has 1 heterocycles. The van der Waals surface area contributed by atoms with Crippen molar-refractivity contribution in [2.45, 2.75) is 45.6 Å². The Hall–Kier alpha value is -3.80. The average Bonchev–Trinajstić information content (AvgIpc) is 3.26. The molecule has 6 nitrogen and oxygen atoms in total. The van der Waals surface area contributed by atoms with E-state index in [1.54, 1.807) is 19.2 Å². The van der Waals surface area contributed by atoms with Crippen LogP contribution in [0.3, 0.4) is 0 Å². The highest BCUT2D eigenvalue weighted by Gasteiger charge is 2.12. The highest BCUT2D eigenvalue weighted by atomic mass is 16.5. The van der Waals surface area contributed by atoms with Gasteiger partial charge in [0.25, 0.3) is 5.91 Å². The first kappa shape index (κ1) is 25.3. The van der Waals surface area contributed by atoms with Crippen molar-refractivity contribution in [2.24, 2.45) is 0 Å². The Labute approximate surface area is 213 Å². The molecule has 188 valence electrons. The SMILES string of the molecule is COc1ccccc1C(=O)NCCCCCc1nc2ccccc2n1CCCOc1ccccc1C. The van der Waals surface area contributed by atoms with Gasteiger partial charge in [-0.3, -0.25) is 4.79 Å². The number of hydrogen-bond acceptors (Lipinski definition) is 4. The predicted molar refractivity (Wildman–Crippen MR) is 144 cm³/mol. The van der Waals surface area contributed by atoms with Crippen molar-refractivity contribution in [3.05, 3.63) is 89.7 Å². The molecule has 1 N–H and O–H groups in total. The summed E-state index contributed by atoms with van der Waals surface area (Å²) in [5.41, 5.74) is 3.94. The van der Waals surface area contributed by atoms with Crippen LogP contribution in [0, 0.1) is 6.92 Å². The molecule has 0 saturated carbocycles. The van der Waals surface area contributed by atoms with Gasteiger partial charge in [0.15, 0.2) is 0 Å². The van der Waals surface area contributed by atoms with Gasteiger partial charge in [-0.05, 0) is 62.1 Å². The number of ether oxygens (including phenoxy) is 2. The number of hydrogen-bond donors (Lipinski definition) is 1. The standard InChI is InChI=1S/C30H35N3O3/c1-23-13-5-9-17-27(23)36-22-12-21-33-26-16-8-7-15-25(26)32-29(33)19-4-3-11-20-31-30(34)24-14-6-10-18-28(24)35-2/h5-10,13-18H,3-4,11-12,19-22H2,1-2H3,(H,31,34). The molecule has 6 heteroatoms. The molecule has 0 aliphatic carbocycles. The van der Waals surface area contributed by atoms with Crippen molar-refractivity contribution >= 4 is 16.9 Å². The zero-order valence-electron chi connectivity index (χ0n) is 21.2. The quantitative estimate of drug-likeness (QED) is 0.237. The number of carbonyl (C=O) groups is 1. The van der Waals surface area contributed by atoms with Crippen molar-refractivity contribution in [1.29, 1.82) is 0 Å². The Morgan fingerprint density at radius 1 is 0.889 bits per heavy atom. The van der Waals surface area contributed by atoms with Gasteiger partial charge in [0.1, 0.15) is 17.3 Å². The fraction of sp³-hybridized carbons (Fsp3) is 0.333. The van der Waals surface area contributed by atoms with Crippen LogP contribution in [0.25, 0.3) is 11.0 Å². The third kappa shape index (κ3) is 6.45. The van der Waals surface area contributed by atoms with E-state index in [1.807, 2.05) is 36.4 Å². The first-order valence-electron chi connectivity index (χ1n) is 12.7. The zero-order valence-corrected chi connectivity index (χ0v) is 21.2. The summed E-state index contributed by atoms with van der Waals surface area (Å²) >= 11 is 0. The summed E-state index contributed by atoms with van der Waals surface area (Å²) in [5.74, 6) is 2.57. The van der Waals surface area contributed by atoms with Crippen molar-refractivity contribution < 1.29 is 14.3 Å². The van der Waals surface area contributed by atoms with Gasteiger partial charge in [0.05, 0.1) is 30.3 Å². The average molecular weight is 486 g/mol. The van der Waals surface area contributed by atoms with Gasteiger partial charge >= 0.3 is 0 Å². The number of nitrogens with zero attached hydrogens (tertiary/aromatic N) is 2. The topological polar surface area (TPSA) is 65.4 Å². The number of amides is 1. The van der Waals surface area contributed by atoms with Crippen molar-refractivity contribution in [1.82, 2.24) is 14.9 Å². The number of aromatic nitrogens is 2. The minimum absolute atomic E-state index is 0.0952. The number of imidazole rings is 1. The fourth-order valence-corrected chi connectivity index (χ4v) is 4.40. The van der Waals surface area contributed by atoms with Crippen LogP contribution in [0.15, 0.2) is 72.8 Å². The molecule has 0 radical (unpaired) electrons. The molecule has 0 atom stereocenters. The Bertz CT molecular complexity index is 1280. The summed E-state index contributed by atoms with van der Waals surface area (Å²) in [7, 11) is 1.58. The molecule has 0 saturated heterocycles. The summed E-state index contributed by atoms with van der Waals surface area (Å²) in [6, 6.07) is 23.7. The lowest BCUT2D eigenvalue weighted by Gasteiger charge is -2.12. The smallest absolute Gasteiger partial charge is 0.255 e. The molecule has 0 aliphatic heterocycles. The van der Waals surface area contributed by atoms with E-state index in [2.05, 4.69) is 41.1 Å². The van der Waals surface area contributed by atoms with E-state index in [0.717, 1.165) is 61.3 Å². The largest absolute Gasteiger partial charge is 0.496 e. The first-order valence-corrected chi connectivity index (χ1v) is 12.7. The van der Waals surface area contributed by atoms with Crippen LogP contribution >= 0.6 is 0 Å². The van der Waals surface area contributed by atoms with Crippen molar-refractivity contribution in [3.8, 4) is 11.5 Å². The number of methoxy groups -OCH3 is 1. The number of benzene rings is 3. The van der Waals surface area contributed by atoms with Crippen LogP contribution in [-0.4, -0.2) is 35.7 Å². The summed E-state index contributed by atoms with van der Waals surface area (Å²) in [5, 5.41) is 3.00. The fourth-order valence-electron chi connectivity index (χ4n) is 4.40. The van der Waals surface area contributed by atoms with E-state index in [9.17, 15) is 4.79 Å². The van der Waals surface area contributed by atoms with E-state index in [1.165, 1.54) is 5.52 Å². The number of nitrogens with one attached hydrogen (secondary N) is 1. The number of unbranched alkanes of at least 4 members (excludes halogenated alkanes) is 2. The monoisotopic (exact) mass is 485 g/mol. The van der Waals surface area contributed by atoms with Gasteiger partial charge in [0.2, 0.25) is 0 Å². The summed E-state index contributed by atoms with van der Waals surface area (Å²) in [4.78, 5) is 17.3. The predicted octanol–water partition coefficient (Wildman–Crippen LogP) is 5.97. The van der Waals surface area contributed by atoms with E-state index >= 15 is 0 Å². The van der Waals surface area contributed by atoms with Crippen molar-refractivity contribution in [2.75, 3.05) is 20.3 Å². The summed E-state index contributed by atoms with van der Waals surface area (Å²) < 4.78 is 13.6. The van der Waals surface area contributed by atoms with Crippen LogP contribution in [0.2, 0.25) is 0 Å². The van der Waals surface area contributed by atoms with Crippen LogP contribution in [0.5, 0.6) is 11.5 Å². The highest BCUT2D eigenvalue weighted by molar-refractivity contribution is 5.96. The second-order valence-corrected chi connectivity index (χ2v) is 8.90. The van der Waals surface area contributed by atoms with E-state index < -0.39 is 0 Å². The molecule has 1 aromatic heterocycles. The molecule has 1 amide bonds. The Morgan fingerprint density at radius 2 is 1.64 bits per heavy atom. The molecule has 3 aromatic carbocycles. The Morgan fingerprint density at radius 3 is 2.47 bits per heavy atom. The lowest BCUT2D eigenvalue weighted by molar-refractivity contribution is 0.0950. The Kier molecular flexibility index (Phi) is 8.98. The molecule has 0 spiro atoms. The van der Waals surface area contributed by atoms with Crippen LogP contribution < -0.4 is 14.8 Å². The second kappa shape index (κ2) is 12.8. The number of aryl methyl sites for hydroxylation is 3. The van der Waals surface area contributed by atoms with Crippen LogP contribution in [0.1, 0.15) is 47.4 Å². The van der Waals surface area contributed by atoms with E-state index in [-0.39, 0.29) is 5.91 Å². The molecular formula is C30H35N3O3. The lowest BCUT2D eigenvalue weighted by atomic mass is 10.1. The van der Waals surface area contributed by atoms with Gasteiger partial charge in [-0.25, -0.2) is 4.98 Å². The minimum Gasteiger partial charge on any atom is -0.496 e. The summed E-state index contributed by atoms with van der Waals surface area (Å²) in [6.07, 6.45) is 4.79. The number of fused-ring (bicyclic) bond motifs is 1. The molecule has 4 aromatic rings. The highest BCUT2D eigenvalue weighted by Crippen LogP contribution is 2.20. The zero-order chi connectivity index (χ0) is 25.2. The maximum absolute atomic E-state index is 12.4. The van der Waals surface area contributed by atoms with Crippen molar-refractivity contribution in [3.63, 3.8) is 0 Å². The second-order valence-electron chi connectivity index (χ2n) is 8.90. The van der Waals surface area contributed by atoms with Gasteiger partial charge in [-0.2, -0.15) is 0 Å².